The van der Waals surface area contributed by atoms with Crippen molar-refractivity contribution in [1.82, 2.24) is 14.5 Å². The molecule has 2 bridgehead atoms. The Kier molecular flexibility index (Phi) is 5.56. The first-order valence-corrected chi connectivity index (χ1v) is 8.76. The van der Waals surface area contributed by atoms with Crippen molar-refractivity contribution in [3.05, 3.63) is 74.2 Å². The number of allylic oxidation sites excluding steroid dienone is 6. The second kappa shape index (κ2) is 7.86. The molecular weight excluding hydrogens is 373 g/mol. The smallest absolute Gasteiger partial charge is 0.292 e. The number of nitrogen functional groups attached to an aromatic ring is 1. The Morgan fingerprint density at radius 2 is 1.77 bits per heavy atom. The average Bonchev–Trinajstić information content (AvgIpc) is 3.27. The second-order valence-corrected chi connectivity index (χ2v) is 6.45. The maximum atomic E-state index is 11.9. The highest BCUT2D eigenvalue weighted by Gasteiger charge is 2.16. The van der Waals surface area contributed by atoms with Gasteiger partial charge in [0.25, 0.3) is 0 Å². The number of rotatable bonds is 3. The highest BCUT2D eigenvalue weighted by molar-refractivity contribution is 6.39. The number of hydrazine groups is 1. The van der Waals surface area contributed by atoms with Crippen LogP contribution in [0.4, 0.5) is 5.95 Å². The molecule has 1 heterocycles. The molecule has 0 fully saturated rings. The maximum absolute atomic E-state index is 11.9. The lowest BCUT2D eigenvalue weighted by Crippen LogP contribution is -2.28. The van der Waals surface area contributed by atoms with E-state index in [1.54, 1.807) is 25.1 Å². The predicted octanol–water partition coefficient (Wildman–Crippen LogP) is 3.73. The van der Waals surface area contributed by atoms with Gasteiger partial charge in [-0.25, -0.2) is 10.6 Å². The van der Waals surface area contributed by atoms with E-state index in [1.165, 1.54) is 22.1 Å². The minimum Gasteiger partial charge on any atom is -0.292 e. The zero-order chi connectivity index (χ0) is 18.7. The van der Waals surface area contributed by atoms with Crippen LogP contribution in [0.3, 0.4) is 0 Å². The molecule has 2 aliphatic carbocycles. The molecule has 0 spiro atoms. The molecule has 4 rings (SSSR count). The normalized spacial score (nSPS) is 13.8. The molecule has 1 aromatic carbocycles. The third-order valence-electron chi connectivity index (χ3n) is 3.96. The lowest BCUT2D eigenvalue weighted by molar-refractivity contribution is 0.687. The number of fused-ring (bicyclic) bond motifs is 2. The molecule has 0 atom stereocenters. The molecule has 3 N–H and O–H groups in total. The van der Waals surface area contributed by atoms with Crippen molar-refractivity contribution in [1.29, 1.82) is 0 Å². The van der Waals surface area contributed by atoms with Crippen molar-refractivity contribution in [2.24, 2.45) is 5.84 Å². The first kappa shape index (κ1) is 18.4. The Balaban J connectivity index is 0.000000229. The number of aromatic nitrogens is 3. The third-order valence-corrected chi connectivity index (χ3v) is 4.59. The first-order valence-electron chi connectivity index (χ1n) is 8.01. The summed E-state index contributed by atoms with van der Waals surface area (Å²) in [7, 11) is 0. The van der Waals surface area contributed by atoms with Crippen LogP contribution in [-0.4, -0.2) is 14.5 Å². The van der Waals surface area contributed by atoms with Gasteiger partial charge in [-0.1, -0.05) is 53.6 Å². The van der Waals surface area contributed by atoms with Gasteiger partial charge in [0.15, 0.2) is 5.82 Å². The minimum atomic E-state index is -0.476. The van der Waals surface area contributed by atoms with Crippen molar-refractivity contribution >= 4 is 29.2 Å². The highest BCUT2D eigenvalue weighted by atomic mass is 35.5. The first-order chi connectivity index (χ1) is 12.5. The summed E-state index contributed by atoms with van der Waals surface area (Å²) in [6.07, 6.45) is 9.90. The van der Waals surface area contributed by atoms with Gasteiger partial charge >= 0.3 is 5.69 Å². The number of hydrogen-bond acceptors (Lipinski definition) is 5. The molecule has 0 saturated heterocycles. The van der Waals surface area contributed by atoms with Crippen LogP contribution in [0.15, 0.2) is 58.4 Å². The van der Waals surface area contributed by atoms with E-state index in [1.807, 2.05) is 0 Å². The van der Waals surface area contributed by atoms with E-state index >= 15 is 0 Å². The molecule has 2 aliphatic rings. The number of nitrogens with one attached hydrogen (secondary N) is 1. The molecule has 0 unspecified atom stereocenters. The fraction of sp³-hybridized carbons (Fsp3) is 0.167. The third kappa shape index (κ3) is 3.72. The van der Waals surface area contributed by atoms with Gasteiger partial charge in [0.05, 0.1) is 15.6 Å². The van der Waals surface area contributed by atoms with Crippen molar-refractivity contribution in [2.75, 3.05) is 5.43 Å². The summed E-state index contributed by atoms with van der Waals surface area (Å²) >= 11 is 12.3. The molecule has 2 aromatic rings. The Morgan fingerprint density at radius 3 is 2.19 bits per heavy atom. The Bertz CT molecular complexity index is 951. The Hall–Kier alpha value is -2.41. The molecule has 134 valence electrons. The Morgan fingerprint density at radius 1 is 1.15 bits per heavy atom. The number of nitrogens with two attached hydrogens (primary N) is 1. The van der Waals surface area contributed by atoms with E-state index in [4.69, 9.17) is 29.0 Å². The van der Waals surface area contributed by atoms with Gasteiger partial charge in [0.2, 0.25) is 5.95 Å². The molecule has 26 heavy (non-hydrogen) atoms. The summed E-state index contributed by atoms with van der Waals surface area (Å²) in [5.41, 5.74) is 5.18. The summed E-state index contributed by atoms with van der Waals surface area (Å²) in [5, 5.41) is 0.798. The van der Waals surface area contributed by atoms with Crippen molar-refractivity contribution in [3.63, 3.8) is 0 Å². The van der Waals surface area contributed by atoms with E-state index in [-0.39, 0.29) is 5.95 Å². The maximum Gasteiger partial charge on any atom is 0.352 e. The van der Waals surface area contributed by atoms with Crippen LogP contribution in [0.1, 0.15) is 13.3 Å². The molecule has 0 amide bonds. The van der Waals surface area contributed by atoms with Crippen LogP contribution < -0.4 is 17.0 Å². The standard InChI is InChI=1S/C11H11Cl2N5O.C7H6/c1-2-18-9(15-10(17-14)16-11(18)19)8-6(12)4-3-5-7(8)13;1-2-7-4-3-6(1)5-7/h3-5H,2,14H2,1H3,(H,16,17,19);1-4H,5H2. The zero-order valence-electron chi connectivity index (χ0n) is 14.0. The number of anilines is 1. The van der Waals surface area contributed by atoms with E-state index in [9.17, 15) is 4.79 Å². The SMILES string of the molecule is C1=CC2=CC=C1C2.CCn1c(-c2c(Cl)cccc2Cl)nc(NN)nc1=O. The van der Waals surface area contributed by atoms with E-state index in [0.717, 1.165) is 0 Å². The van der Waals surface area contributed by atoms with Crippen LogP contribution in [0.25, 0.3) is 11.4 Å². The molecule has 1 aromatic heterocycles. The van der Waals surface area contributed by atoms with Crippen molar-refractivity contribution in [2.45, 2.75) is 19.9 Å². The molecule has 8 heteroatoms. The van der Waals surface area contributed by atoms with Gasteiger partial charge in [-0.3, -0.25) is 9.99 Å². The number of nitrogens with zero attached hydrogens (tertiary/aromatic N) is 3. The summed E-state index contributed by atoms with van der Waals surface area (Å²) in [6.45, 7) is 2.19. The average molecular weight is 390 g/mol. The fourth-order valence-electron chi connectivity index (χ4n) is 2.69. The zero-order valence-corrected chi connectivity index (χ0v) is 15.6. The van der Waals surface area contributed by atoms with E-state index < -0.39 is 5.69 Å². The van der Waals surface area contributed by atoms with Crippen LogP contribution in [0.5, 0.6) is 0 Å². The van der Waals surface area contributed by atoms with E-state index in [0.29, 0.717) is 28.0 Å². The largest absolute Gasteiger partial charge is 0.352 e. The van der Waals surface area contributed by atoms with Gasteiger partial charge in [0, 0.05) is 6.54 Å². The summed E-state index contributed by atoms with van der Waals surface area (Å²) in [4.78, 5) is 19.7. The van der Waals surface area contributed by atoms with Gasteiger partial charge in [-0.05, 0) is 36.6 Å². The lowest BCUT2D eigenvalue weighted by atomic mass is 10.2. The number of halogens is 2. The quantitative estimate of drug-likeness (QED) is 0.616. The molecular formula is C18H17Cl2N5O. The summed E-state index contributed by atoms with van der Waals surface area (Å²) in [6, 6.07) is 5.06. The minimum absolute atomic E-state index is 0.0145. The topological polar surface area (TPSA) is 85.8 Å². The fourth-order valence-corrected chi connectivity index (χ4v) is 3.26. The van der Waals surface area contributed by atoms with Gasteiger partial charge in [-0.2, -0.15) is 9.97 Å². The predicted molar refractivity (Wildman–Crippen MR) is 105 cm³/mol. The van der Waals surface area contributed by atoms with Crippen LogP contribution in [0.2, 0.25) is 10.0 Å². The number of benzene rings is 1. The number of hydrogen-bond donors (Lipinski definition) is 2. The van der Waals surface area contributed by atoms with Crippen LogP contribution in [0, 0.1) is 0 Å². The summed E-state index contributed by atoms with van der Waals surface area (Å²) < 4.78 is 1.37. The Labute approximate surface area is 160 Å². The molecule has 6 nitrogen and oxygen atoms in total. The summed E-state index contributed by atoms with van der Waals surface area (Å²) in [5.74, 6) is 5.58. The second-order valence-electron chi connectivity index (χ2n) is 5.63. The van der Waals surface area contributed by atoms with Crippen LogP contribution >= 0.6 is 23.2 Å². The van der Waals surface area contributed by atoms with Crippen molar-refractivity contribution in [3.8, 4) is 11.4 Å². The molecule has 0 aliphatic heterocycles. The van der Waals surface area contributed by atoms with Crippen LogP contribution in [-0.2, 0) is 6.54 Å². The molecule has 0 radical (unpaired) electrons. The molecule has 0 saturated carbocycles. The monoisotopic (exact) mass is 389 g/mol. The lowest BCUT2D eigenvalue weighted by Gasteiger charge is -2.12. The van der Waals surface area contributed by atoms with Gasteiger partial charge in [-0.15, -0.1) is 0 Å². The van der Waals surface area contributed by atoms with E-state index in [2.05, 4.69) is 39.7 Å². The van der Waals surface area contributed by atoms with Crippen molar-refractivity contribution < 1.29 is 0 Å². The van der Waals surface area contributed by atoms with Gasteiger partial charge in [0.1, 0.15) is 0 Å². The highest BCUT2D eigenvalue weighted by Crippen LogP contribution is 2.33. The van der Waals surface area contributed by atoms with Gasteiger partial charge < -0.3 is 0 Å².